The number of ether oxygens (including phenoxy) is 1. The maximum atomic E-state index is 14.3. The van der Waals surface area contributed by atoms with Crippen LogP contribution in [0.25, 0.3) is 0 Å². The molecule has 1 spiro atoms. The minimum absolute atomic E-state index is 0.0153. The van der Waals surface area contributed by atoms with Crippen LogP contribution in [-0.2, 0) is 19.1 Å². The molecule has 8 atom stereocenters. The first-order valence-corrected chi connectivity index (χ1v) is 13.8. The highest BCUT2D eigenvalue weighted by atomic mass is 32.2. The Bertz CT molecular complexity index is 791. The average molecular weight is 495 g/mol. The van der Waals surface area contributed by atoms with E-state index in [-0.39, 0.29) is 48.1 Å². The van der Waals surface area contributed by atoms with Crippen LogP contribution in [0.2, 0.25) is 0 Å². The van der Waals surface area contributed by atoms with Crippen molar-refractivity contribution in [2.24, 2.45) is 23.7 Å². The number of rotatable bonds is 12. The van der Waals surface area contributed by atoms with Gasteiger partial charge in [-0.05, 0) is 31.6 Å². The molecule has 0 aromatic heterocycles. The zero-order valence-electron chi connectivity index (χ0n) is 21.4. The van der Waals surface area contributed by atoms with Gasteiger partial charge >= 0.3 is 5.97 Å². The average Bonchev–Trinajstić information content (AvgIpc) is 3.41. The van der Waals surface area contributed by atoms with Crippen molar-refractivity contribution < 1.29 is 24.2 Å². The van der Waals surface area contributed by atoms with E-state index in [0.29, 0.717) is 13.1 Å². The van der Waals surface area contributed by atoms with Crippen molar-refractivity contribution in [1.29, 1.82) is 0 Å². The zero-order chi connectivity index (χ0) is 25.2. The minimum Gasteiger partial charge on any atom is -0.466 e. The van der Waals surface area contributed by atoms with Crippen LogP contribution in [0, 0.1) is 23.7 Å². The van der Waals surface area contributed by atoms with Crippen LogP contribution in [0.5, 0.6) is 0 Å². The summed E-state index contributed by atoms with van der Waals surface area (Å²) in [7, 11) is 0. The number of amides is 2. The number of carbonyl (C=O) groups is 3. The van der Waals surface area contributed by atoms with Crippen molar-refractivity contribution in [3.63, 3.8) is 0 Å². The van der Waals surface area contributed by atoms with E-state index in [1.165, 1.54) is 0 Å². The fourth-order valence-electron chi connectivity index (χ4n) is 6.39. The molecule has 3 rings (SSSR count). The molecule has 3 heterocycles. The van der Waals surface area contributed by atoms with Gasteiger partial charge in [0, 0.05) is 18.3 Å². The van der Waals surface area contributed by atoms with Crippen molar-refractivity contribution >= 4 is 29.5 Å². The smallest absolute Gasteiger partial charge is 0.310 e. The van der Waals surface area contributed by atoms with Gasteiger partial charge in [-0.1, -0.05) is 46.6 Å². The summed E-state index contributed by atoms with van der Waals surface area (Å²) in [6, 6.07) is -1.18. The second kappa shape index (κ2) is 11.0. The molecule has 7 nitrogen and oxygen atoms in total. The molecule has 0 saturated carbocycles. The van der Waals surface area contributed by atoms with E-state index >= 15 is 0 Å². The van der Waals surface area contributed by atoms with Gasteiger partial charge in [-0.15, -0.1) is 18.3 Å². The number of esters is 1. The quantitative estimate of drug-likeness (QED) is 0.331. The molecule has 3 saturated heterocycles. The highest BCUT2D eigenvalue weighted by Crippen LogP contribution is 2.69. The van der Waals surface area contributed by atoms with E-state index in [2.05, 4.69) is 20.4 Å². The summed E-state index contributed by atoms with van der Waals surface area (Å²) in [5, 5.41) is 10.4. The zero-order valence-corrected chi connectivity index (χ0v) is 22.2. The largest absolute Gasteiger partial charge is 0.466 e. The molecular weight excluding hydrogens is 452 g/mol. The second-order valence-electron chi connectivity index (χ2n) is 10.1. The first-order valence-electron chi connectivity index (χ1n) is 12.9. The van der Waals surface area contributed by atoms with Crippen LogP contribution in [0.15, 0.2) is 12.7 Å². The van der Waals surface area contributed by atoms with Crippen molar-refractivity contribution in [1.82, 2.24) is 9.80 Å². The van der Waals surface area contributed by atoms with Crippen molar-refractivity contribution in [2.75, 3.05) is 26.3 Å². The third kappa shape index (κ3) is 4.19. The molecule has 192 valence electrons. The molecule has 34 heavy (non-hydrogen) atoms. The third-order valence-corrected chi connectivity index (χ3v) is 10.3. The van der Waals surface area contributed by atoms with Gasteiger partial charge in [0.25, 0.3) is 0 Å². The Morgan fingerprint density at radius 1 is 1.38 bits per heavy atom. The maximum absolute atomic E-state index is 14.3. The number of aliphatic hydroxyl groups is 1. The van der Waals surface area contributed by atoms with E-state index < -0.39 is 28.7 Å². The fourth-order valence-corrected chi connectivity index (χ4v) is 8.78. The van der Waals surface area contributed by atoms with Gasteiger partial charge in [0.2, 0.25) is 11.8 Å². The molecule has 8 heteroatoms. The SMILES string of the molecule is C=CCN(CCCC)C(=O)C1N([C@@H](CO)[C@@H](C)CC)C(=O)[C@@H]2[C@H](C(=O)OCC)[C@@H]3CC(C)C12S3. The molecule has 3 fully saturated rings. The minimum atomic E-state index is -0.711. The lowest BCUT2D eigenvalue weighted by atomic mass is 9.66. The highest BCUT2D eigenvalue weighted by Gasteiger charge is 2.77. The van der Waals surface area contributed by atoms with E-state index in [1.807, 2.05) is 18.7 Å². The van der Waals surface area contributed by atoms with Crippen molar-refractivity contribution in [3.8, 4) is 0 Å². The van der Waals surface area contributed by atoms with Gasteiger partial charge in [0.15, 0.2) is 0 Å². The van der Waals surface area contributed by atoms with Crippen LogP contribution >= 0.6 is 11.8 Å². The Morgan fingerprint density at radius 2 is 2.09 bits per heavy atom. The number of thioether (sulfide) groups is 1. The third-order valence-electron chi connectivity index (χ3n) is 8.26. The predicted octanol–water partition coefficient (Wildman–Crippen LogP) is 3.11. The summed E-state index contributed by atoms with van der Waals surface area (Å²) in [6.45, 7) is 14.9. The van der Waals surface area contributed by atoms with Crippen LogP contribution in [0.4, 0.5) is 0 Å². The summed E-state index contributed by atoms with van der Waals surface area (Å²) in [6.07, 6.45) is 5.09. The number of likely N-dealkylation sites (tertiary alicyclic amines) is 1. The monoisotopic (exact) mass is 494 g/mol. The topological polar surface area (TPSA) is 87.2 Å². The molecule has 3 unspecified atom stereocenters. The number of nitrogens with zero attached hydrogens (tertiary/aromatic N) is 2. The lowest BCUT2D eigenvalue weighted by Crippen LogP contribution is -2.60. The summed E-state index contributed by atoms with van der Waals surface area (Å²) < 4.78 is 4.72. The van der Waals surface area contributed by atoms with Crippen LogP contribution < -0.4 is 0 Å². The fraction of sp³-hybridized carbons (Fsp3) is 0.808. The van der Waals surface area contributed by atoms with Gasteiger partial charge in [-0.25, -0.2) is 0 Å². The second-order valence-corrected chi connectivity index (χ2v) is 11.7. The van der Waals surface area contributed by atoms with E-state index in [0.717, 1.165) is 25.7 Å². The van der Waals surface area contributed by atoms with Crippen LogP contribution in [0.1, 0.15) is 60.3 Å². The van der Waals surface area contributed by atoms with E-state index in [1.54, 1.807) is 29.7 Å². The Morgan fingerprint density at radius 3 is 2.65 bits per heavy atom. The highest BCUT2D eigenvalue weighted by molar-refractivity contribution is 8.02. The number of hydrogen-bond donors (Lipinski definition) is 1. The van der Waals surface area contributed by atoms with Crippen LogP contribution in [-0.4, -0.2) is 81.1 Å². The standard InChI is InChI=1S/C26H42N2O5S/c1-7-11-13-27(12-8-2)24(31)22-26-17(6)14-19(34-26)20(25(32)33-10-4)21(26)23(30)28(22)18(15-29)16(5)9-3/h8,16-22,29H,2,7,9-15H2,1,3-6H3/t16-,17?,18-,19-,20+,21-,22?,26?/m0/s1. The number of fused-ring (bicyclic) bond motifs is 1. The van der Waals surface area contributed by atoms with Gasteiger partial charge in [-0.3, -0.25) is 14.4 Å². The summed E-state index contributed by atoms with van der Waals surface area (Å²) >= 11 is 1.65. The predicted molar refractivity (Wildman–Crippen MR) is 134 cm³/mol. The Kier molecular flexibility index (Phi) is 8.77. The lowest BCUT2D eigenvalue weighted by Gasteiger charge is -2.43. The normalized spacial score (nSPS) is 33.5. The summed E-state index contributed by atoms with van der Waals surface area (Å²) in [4.78, 5) is 45.0. The maximum Gasteiger partial charge on any atom is 0.310 e. The molecule has 0 aromatic carbocycles. The molecule has 2 amide bonds. The van der Waals surface area contributed by atoms with Gasteiger partial charge in [0.1, 0.15) is 6.04 Å². The molecule has 2 bridgehead atoms. The van der Waals surface area contributed by atoms with Crippen molar-refractivity contribution in [2.45, 2.75) is 82.4 Å². The number of aliphatic hydroxyl groups excluding tert-OH is 1. The molecule has 3 aliphatic heterocycles. The lowest BCUT2D eigenvalue weighted by molar-refractivity contribution is -0.154. The van der Waals surface area contributed by atoms with E-state index in [9.17, 15) is 19.5 Å². The number of hydrogen-bond acceptors (Lipinski definition) is 6. The Labute approximate surface area is 208 Å². The summed E-state index contributed by atoms with van der Waals surface area (Å²) in [5.41, 5.74) is 0. The van der Waals surface area contributed by atoms with E-state index in [4.69, 9.17) is 4.74 Å². The first kappa shape index (κ1) is 27.1. The molecule has 0 aliphatic carbocycles. The number of carbonyl (C=O) groups excluding carboxylic acids is 3. The molecule has 0 radical (unpaired) electrons. The first-order chi connectivity index (χ1) is 16.2. The molecule has 3 aliphatic rings. The molecule has 1 N–H and O–H groups in total. The van der Waals surface area contributed by atoms with Gasteiger partial charge in [-0.2, -0.15) is 0 Å². The summed E-state index contributed by atoms with van der Waals surface area (Å²) in [5.74, 6) is -1.64. The molecular formula is C26H42N2O5S. The Balaban J connectivity index is 2.13. The van der Waals surface area contributed by atoms with Gasteiger partial charge in [0.05, 0.1) is 35.8 Å². The Hall–Kier alpha value is -1.54. The van der Waals surface area contributed by atoms with Crippen molar-refractivity contribution in [3.05, 3.63) is 12.7 Å². The van der Waals surface area contributed by atoms with Gasteiger partial charge < -0.3 is 19.6 Å². The number of unbranched alkanes of at least 4 members (excludes halogenated alkanes) is 1. The molecule has 0 aromatic rings. The van der Waals surface area contributed by atoms with Crippen LogP contribution in [0.3, 0.4) is 0 Å².